The Labute approximate surface area is 148 Å². The normalized spacial score (nSPS) is 14.3. The number of rotatable bonds is 6. The van der Waals surface area contributed by atoms with Crippen molar-refractivity contribution >= 4 is 11.5 Å². The van der Waals surface area contributed by atoms with Crippen LogP contribution in [0, 0.1) is 0 Å². The SMILES string of the molecule is CCOC(=O)C1=C(c2cccc(OCc3ccccc3)c2)CCNC1. The van der Waals surface area contributed by atoms with Gasteiger partial charge in [-0.3, -0.25) is 0 Å². The van der Waals surface area contributed by atoms with Gasteiger partial charge in [-0.1, -0.05) is 42.5 Å². The number of nitrogens with one attached hydrogen (secondary N) is 1. The van der Waals surface area contributed by atoms with Crippen LogP contribution in [0.4, 0.5) is 0 Å². The van der Waals surface area contributed by atoms with E-state index in [1.54, 1.807) is 0 Å². The van der Waals surface area contributed by atoms with Crippen LogP contribution in [-0.4, -0.2) is 25.7 Å². The van der Waals surface area contributed by atoms with Gasteiger partial charge >= 0.3 is 5.97 Å². The van der Waals surface area contributed by atoms with Crippen molar-refractivity contribution in [3.63, 3.8) is 0 Å². The molecule has 4 heteroatoms. The minimum absolute atomic E-state index is 0.236. The number of ether oxygens (including phenoxy) is 2. The lowest BCUT2D eigenvalue weighted by Gasteiger charge is -2.21. The van der Waals surface area contributed by atoms with E-state index in [0.29, 0.717) is 25.3 Å². The van der Waals surface area contributed by atoms with Crippen LogP contribution in [0.2, 0.25) is 0 Å². The van der Waals surface area contributed by atoms with Crippen molar-refractivity contribution in [2.45, 2.75) is 20.0 Å². The summed E-state index contributed by atoms with van der Waals surface area (Å²) in [5, 5.41) is 3.25. The van der Waals surface area contributed by atoms with Gasteiger partial charge in [-0.15, -0.1) is 0 Å². The average molecular weight is 337 g/mol. The van der Waals surface area contributed by atoms with Crippen molar-refractivity contribution in [1.29, 1.82) is 0 Å². The van der Waals surface area contributed by atoms with Gasteiger partial charge in [-0.05, 0) is 48.7 Å². The smallest absolute Gasteiger partial charge is 0.335 e. The van der Waals surface area contributed by atoms with E-state index in [-0.39, 0.29) is 5.97 Å². The molecule has 0 aliphatic carbocycles. The fourth-order valence-electron chi connectivity index (χ4n) is 2.93. The van der Waals surface area contributed by atoms with E-state index in [4.69, 9.17) is 9.47 Å². The van der Waals surface area contributed by atoms with E-state index >= 15 is 0 Å². The second kappa shape index (κ2) is 8.49. The third-order valence-electron chi connectivity index (χ3n) is 4.17. The van der Waals surface area contributed by atoms with Gasteiger partial charge in [0.25, 0.3) is 0 Å². The Morgan fingerprint density at radius 3 is 2.76 bits per heavy atom. The summed E-state index contributed by atoms with van der Waals surface area (Å²) in [6.07, 6.45) is 0.802. The van der Waals surface area contributed by atoms with Gasteiger partial charge in [0.05, 0.1) is 12.2 Å². The summed E-state index contributed by atoms with van der Waals surface area (Å²) in [6, 6.07) is 18.0. The molecule has 130 valence electrons. The maximum absolute atomic E-state index is 12.2. The van der Waals surface area contributed by atoms with E-state index in [1.165, 1.54) is 0 Å². The minimum atomic E-state index is -0.236. The molecule has 1 aliphatic rings. The maximum atomic E-state index is 12.2. The number of benzene rings is 2. The third kappa shape index (κ3) is 4.48. The first-order chi connectivity index (χ1) is 12.3. The average Bonchev–Trinajstić information content (AvgIpc) is 2.68. The van der Waals surface area contributed by atoms with Crippen LogP contribution in [0.25, 0.3) is 5.57 Å². The fraction of sp³-hybridized carbons (Fsp3) is 0.286. The van der Waals surface area contributed by atoms with Crippen LogP contribution in [0.3, 0.4) is 0 Å². The Morgan fingerprint density at radius 1 is 1.12 bits per heavy atom. The summed E-state index contributed by atoms with van der Waals surface area (Å²) in [7, 11) is 0. The summed E-state index contributed by atoms with van der Waals surface area (Å²) in [4.78, 5) is 12.2. The summed E-state index contributed by atoms with van der Waals surface area (Å²) in [5.41, 5.74) is 3.91. The van der Waals surface area contributed by atoms with E-state index in [9.17, 15) is 4.79 Å². The van der Waals surface area contributed by atoms with Crippen LogP contribution < -0.4 is 10.1 Å². The molecule has 0 radical (unpaired) electrons. The zero-order valence-electron chi connectivity index (χ0n) is 14.5. The fourth-order valence-corrected chi connectivity index (χ4v) is 2.93. The third-order valence-corrected chi connectivity index (χ3v) is 4.17. The lowest BCUT2D eigenvalue weighted by atomic mass is 9.94. The van der Waals surface area contributed by atoms with E-state index in [0.717, 1.165) is 35.4 Å². The molecule has 3 rings (SSSR count). The Morgan fingerprint density at radius 2 is 1.96 bits per heavy atom. The molecule has 0 saturated carbocycles. The summed E-state index contributed by atoms with van der Waals surface area (Å²) in [5.74, 6) is 0.566. The lowest BCUT2D eigenvalue weighted by Crippen LogP contribution is -2.29. The molecule has 0 fully saturated rings. The predicted molar refractivity (Wildman–Crippen MR) is 98.3 cm³/mol. The molecule has 0 aromatic heterocycles. The quantitative estimate of drug-likeness (QED) is 0.819. The van der Waals surface area contributed by atoms with Crippen LogP contribution in [-0.2, 0) is 16.1 Å². The Hall–Kier alpha value is -2.59. The van der Waals surface area contributed by atoms with Crippen molar-refractivity contribution in [3.05, 3.63) is 71.3 Å². The largest absolute Gasteiger partial charge is 0.489 e. The molecule has 0 bridgehead atoms. The Kier molecular flexibility index (Phi) is 5.86. The van der Waals surface area contributed by atoms with E-state index < -0.39 is 0 Å². The number of carbonyl (C=O) groups is 1. The number of carbonyl (C=O) groups excluding carboxylic acids is 1. The van der Waals surface area contributed by atoms with Crippen molar-refractivity contribution < 1.29 is 14.3 Å². The number of hydrogen-bond acceptors (Lipinski definition) is 4. The predicted octanol–water partition coefficient (Wildman–Crippen LogP) is 3.58. The summed E-state index contributed by atoms with van der Waals surface area (Å²) in [6.45, 7) is 4.13. The van der Waals surface area contributed by atoms with Gasteiger partial charge in [-0.25, -0.2) is 4.79 Å². The van der Waals surface area contributed by atoms with Crippen molar-refractivity contribution in [2.75, 3.05) is 19.7 Å². The topological polar surface area (TPSA) is 47.6 Å². The van der Waals surface area contributed by atoms with Gasteiger partial charge in [0, 0.05) is 6.54 Å². The monoisotopic (exact) mass is 337 g/mol. The van der Waals surface area contributed by atoms with E-state index in [2.05, 4.69) is 5.32 Å². The summed E-state index contributed by atoms with van der Waals surface area (Å²) >= 11 is 0. The zero-order valence-corrected chi connectivity index (χ0v) is 14.5. The first kappa shape index (κ1) is 17.2. The number of esters is 1. The highest BCUT2D eigenvalue weighted by molar-refractivity contribution is 5.98. The van der Waals surface area contributed by atoms with Crippen molar-refractivity contribution in [2.24, 2.45) is 0 Å². The standard InChI is InChI=1S/C21H23NO3/c1-2-24-21(23)20-14-22-12-11-19(20)17-9-6-10-18(13-17)25-15-16-7-4-3-5-8-16/h3-10,13,22H,2,11-12,14-15H2,1H3. The Bertz CT molecular complexity index is 753. The highest BCUT2D eigenvalue weighted by Gasteiger charge is 2.21. The molecule has 4 nitrogen and oxygen atoms in total. The van der Waals surface area contributed by atoms with Gasteiger partial charge < -0.3 is 14.8 Å². The molecule has 1 N–H and O–H groups in total. The molecule has 0 saturated heterocycles. The van der Waals surface area contributed by atoms with Gasteiger partial charge in [0.15, 0.2) is 0 Å². The maximum Gasteiger partial charge on any atom is 0.335 e. The zero-order chi connectivity index (χ0) is 17.5. The lowest BCUT2D eigenvalue weighted by molar-refractivity contribution is -0.138. The van der Waals surface area contributed by atoms with Crippen LogP contribution in [0.15, 0.2) is 60.2 Å². The molecular formula is C21H23NO3. The van der Waals surface area contributed by atoms with Gasteiger partial charge in [-0.2, -0.15) is 0 Å². The van der Waals surface area contributed by atoms with Crippen LogP contribution in [0.5, 0.6) is 5.75 Å². The van der Waals surface area contributed by atoms with Crippen molar-refractivity contribution in [1.82, 2.24) is 5.32 Å². The molecule has 2 aromatic carbocycles. The van der Waals surface area contributed by atoms with Crippen molar-refractivity contribution in [3.8, 4) is 5.75 Å². The minimum Gasteiger partial charge on any atom is -0.489 e. The molecule has 0 amide bonds. The molecule has 2 aromatic rings. The molecule has 0 atom stereocenters. The molecule has 1 heterocycles. The molecule has 25 heavy (non-hydrogen) atoms. The Balaban J connectivity index is 1.80. The molecular weight excluding hydrogens is 314 g/mol. The molecule has 1 aliphatic heterocycles. The second-order valence-corrected chi connectivity index (χ2v) is 5.91. The first-order valence-corrected chi connectivity index (χ1v) is 8.65. The molecule has 0 unspecified atom stereocenters. The summed E-state index contributed by atoms with van der Waals surface area (Å²) < 4.78 is 11.1. The first-order valence-electron chi connectivity index (χ1n) is 8.65. The highest BCUT2D eigenvalue weighted by Crippen LogP contribution is 2.28. The van der Waals surface area contributed by atoms with Crippen LogP contribution >= 0.6 is 0 Å². The van der Waals surface area contributed by atoms with Gasteiger partial charge in [0.1, 0.15) is 12.4 Å². The van der Waals surface area contributed by atoms with E-state index in [1.807, 2.05) is 61.5 Å². The van der Waals surface area contributed by atoms with Gasteiger partial charge in [0.2, 0.25) is 0 Å². The molecule has 0 spiro atoms. The number of hydrogen-bond donors (Lipinski definition) is 1. The second-order valence-electron chi connectivity index (χ2n) is 5.91. The van der Waals surface area contributed by atoms with Crippen LogP contribution in [0.1, 0.15) is 24.5 Å². The highest BCUT2D eigenvalue weighted by atomic mass is 16.5.